The molecule has 39 heavy (non-hydrogen) atoms. The van der Waals surface area contributed by atoms with Crippen molar-refractivity contribution in [1.29, 1.82) is 0 Å². The van der Waals surface area contributed by atoms with Gasteiger partial charge in [0.15, 0.2) is 0 Å². The first-order valence-electron chi connectivity index (χ1n) is 12.2. The number of anilines is 1. The molecule has 0 radical (unpaired) electrons. The number of hydrogen-bond donors (Lipinski definition) is 1. The van der Waals surface area contributed by atoms with Crippen molar-refractivity contribution in [3.05, 3.63) is 114 Å². The van der Waals surface area contributed by atoms with E-state index in [0.29, 0.717) is 34.2 Å². The molecule has 1 saturated heterocycles. The van der Waals surface area contributed by atoms with Gasteiger partial charge in [0.1, 0.15) is 34.3 Å². The molecule has 8 heteroatoms. The summed E-state index contributed by atoms with van der Waals surface area (Å²) in [6.45, 7) is 1.98. The molecule has 8 nitrogen and oxygen atoms in total. The van der Waals surface area contributed by atoms with Gasteiger partial charge in [-0.25, -0.2) is 0 Å². The predicted molar refractivity (Wildman–Crippen MR) is 146 cm³/mol. The van der Waals surface area contributed by atoms with E-state index in [1.807, 2.05) is 31.2 Å². The van der Waals surface area contributed by atoms with Crippen molar-refractivity contribution < 1.29 is 28.9 Å². The minimum Gasteiger partial charge on any atom is -0.506 e. The first-order chi connectivity index (χ1) is 18.9. The fourth-order valence-electron chi connectivity index (χ4n) is 4.66. The number of rotatable bonds is 7. The largest absolute Gasteiger partial charge is 0.506 e. The van der Waals surface area contributed by atoms with E-state index in [1.54, 1.807) is 67.0 Å². The predicted octanol–water partition coefficient (Wildman–Crippen LogP) is 5.83. The van der Waals surface area contributed by atoms with Gasteiger partial charge in [-0.1, -0.05) is 24.3 Å². The van der Waals surface area contributed by atoms with Crippen LogP contribution < -0.4 is 19.1 Å². The summed E-state index contributed by atoms with van der Waals surface area (Å²) in [6, 6.07) is 22.0. The first-order valence-corrected chi connectivity index (χ1v) is 12.2. The molecule has 1 aliphatic heterocycles. The molecule has 2 heterocycles. The number of nitrogens with zero attached hydrogens (tertiary/aromatic N) is 2. The van der Waals surface area contributed by atoms with Crippen LogP contribution in [0.2, 0.25) is 0 Å². The summed E-state index contributed by atoms with van der Waals surface area (Å²) in [5, 5.41) is 11.5. The number of Topliss-reactive ketones (excluding diaryl/α,β-unsaturated/α-hetero) is 1. The minimum atomic E-state index is -0.947. The molecular formula is C31H26N2O6. The number of amides is 1. The van der Waals surface area contributed by atoms with Crippen LogP contribution in [0.1, 0.15) is 22.7 Å². The van der Waals surface area contributed by atoms with E-state index in [-0.39, 0.29) is 11.1 Å². The molecule has 1 aliphatic rings. The maximum atomic E-state index is 13.5. The number of carbonyl (C=O) groups is 2. The molecule has 3 aromatic carbocycles. The number of hydrogen-bond acceptors (Lipinski definition) is 7. The van der Waals surface area contributed by atoms with Crippen LogP contribution in [0.3, 0.4) is 0 Å². The van der Waals surface area contributed by atoms with Crippen LogP contribution >= 0.6 is 0 Å². The highest BCUT2D eigenvalue weighted by atomic mass is 16.5. The van der Waals surface area contributed by atoms with Crippen molar-refractivity contribution in [3.8, 4) is 23.0 Å². The highest BCUT2D eigenvalue weighted by Crippen LogP contribution is 2.45. The SMILES string of the molecule is COc1cccc(OC)c1/C(O)=C1\C(=O)C(=O)N(c2ccc(Oc3cccc(C)c3)cc2)C1c1cccnc1. The molecule has 0 bridgehead atoms. The molecule has 1 atom stereocenters. The third kappa shape index (κ3) is 4.80. The lowest BCUT2D eigenvalue weighted by Crippen LogP contribution is -2.29. The normalized spacial score (nSPS) is 16.3. The van der Waals surface area contributed by atoms with Crippen molar-refractivity contribution in [2.75, 3.05) is 19.1 Å². The molecule has 0 aliphatic carbocycles. The second kappa shape index (κ2) is 10.7. The Balaban J connectivity index is 1.61. The molecule has 196 valence electrons. The van der Waals surface area contributed by atoms with Crippen LogP contribution in [0.25, 0.3) is 5.76 Å². The number of carbonyl (C=O) groups excluding carboxylic acids is 2. The average Bonchev–Trinajstić information content (AvgIpc) is 3.23. The van der Waals surface area contributed by atoms with Gasteiger partial charge in [0.05, 0.1) is 25.8 Å². The van der Waals surface area contributed by atoms with Crippen molar-refractivity contribution in [2.45, 2.75) is 13.0 Å². The van der Waals surface area contributed by atoms with E-state index in [0.717, 1.165) is 5.56 Å². The van der Waals surface area contributed by atoms with Gasteiger partial charge >= 0.3 is 0 Å². The second-order valence-corrected chi connectivity index (χ2v) is 8.91. The summed E-state index contributed by atoms with van der Waals surface area (Å²) in [7, 11) is 2.90. The number of benzene rings is 3. The van der Waals surface area contributed by atoms with E-state index >= 15 is 0 Å². The Kier molecular flexibility index (Phi) is 7.01. The Morgan fingerprint density at radius 3 is 2.18 bits per heavy atom. The third-order valence-corrected chi connectivity index (χ3v) is 6.45. The maximum Gasteiger partial charge on any atom is 0.300 e. The highest BCUT2D eigenvalue weighted by Gasteiger charge is 2.47. The zero-order valence-corrected chi connectivity index (χ0v) is 21.6. The molecule has 1 amide bonds. The van der Waals surface area contributed by atoms with Crippen LogP contribution in [0, 0.1) is 6.92 Å². The van der Waals surface area contributed by atoms with E-state index in [2.05, 4.69) is 4.98 Å². The summed E-state index contributed by atoms with van der Waals surface area (Å²) in [6.07, 6.45) is 3.15. The minimum absolute atomic E-state index is 0.101. The quantitative estimate of drug-likeness (QED) is 0.185. The first kappa shape index (κ1) is 25.5. The molecule has 1 unspecified atom stereocenters. The number of aliphatic hydroxyl groups excluding tert-OH is 1. The van der Waals surface area contributed by atoms with Crippen LogP contribution in [0.15, 0.2) is 96.8 Å². The van der Waals surface area contributed by atoms with E-state index < -0.39 is 23.5 Å². The summed E-state index contributed by atoms with van der Waals surface area (Å²) in [4.78, 5) is 32.5. The third-order valence-electron chi connectivity index (χ3n) is 6.45. The molecule has 1 fully saturated rings. The van der Waals surface area contributed by atoms with E-state index in [9.17, 15) is 14.7 Å². The van der Waals surface area contributed by atoms with Crippen molar-refractivity contribution in [2.24, 2.45) is 0 Å². The molecule has 1 aromatic heterocycles. The average molecular weight is 523 g/mol. The molecule has 0 spiro atoms. The number of pyridine rings is 1. The molecular weight excluding hydrogens is 496 g/mol. The Morgan fingerprint density at radius 2 is 1.56 bits per heavy atom. The number of aliphatic hydroxyl groups is 1. The number of aromatic nitrogens is 1. The Morgan fingerprint density at radius 1 is 0.872 bits per heavy atom. The van der Waals surface area contributed by atoms with Gasteiger partial charge in [0.2, 0.25) is 0 Å². The van der Waals surface area contributed by atoms with E-state index in [4.69, 9.17) is 14.2 Å². The van der Waals surface area contributed by atoms with Gasteiger partial charge in [-0.15, -0.1) is 0 Å². The lowest BCUT2D eigenvalue weighted by Gasteiger charge is -2.25. The van der Waals surface area contributed by atoms with E-state index in [1.165, 1.54) is 19.1 Å². The summed E-state index contributed by atoms with van der Waals surface area (Å²) in [5.41, 5.74) is 2.14. The van der Waals surface area contributed by atoms with Crippen molar-refractivity contribution >= 4 is 23.1 Å². The molecule has 4 aromatic rings. The van der Waals surface area contributed by atoms with Crippen LogP contribution in [0.5, 0.6) is 23.0 Å². The van der Waals surface area contributed by atoms with Crippen molar-refractivity contribution in [3.63, 3.8) is 0 Å². The van der Waals surface area contributed by atoms with Gasteiger partial charge in [-0.2, -0.15) is 0 Å². The number of ketones is 1. The van der Waals surface area contributed by atoms with Crippen LogP contribution in [-0.4, -0.2) is 36.0 Å². The maximum absolute atomic E-state index is 13.5. The second-order valence-electron chi connectivity index (χ2n) is 8.91. The zero-order chi connectivity index (χ0) is 27.5. The van der Waals surface area contributed by atoms with Gasteiger partial charge in [-0.3, -0.25) is 19.5 Å². The van der Waals surface area contributed by atoms with Gasteiger partial charge in [0.25, 0.3) is 11.7 Å². The van der Waals surface area contributed by atoms with Gasteiger partial charge in [0, 0.05) is 18.1 Å². The van der Waals surface area contributed by atoms with Crippen molar-refractivity contribution in [1.82, 2.24) is 4.98 Å². The fourth-order valence-corrected chi connectivity index (χ4v) is 4.66. The van der Waals surface area contributed by atoms with Crippen LogP contribution in [0.4, 0.5) is 5.69 Å². The fraction of sp³-hybridized carbons (Fsp3) is 0.129. The summed E-state index contributed by atoms with van der Waals surface area (Å²) >= 11 is 0. The number of aryl methyl sites for hydroxylation is 1. The Bertz CT molecular complexity index is 1540. The number of ether oxygens (including phenoxy) is 3. The molecule has 1 N–H and O–H groups in total. The monoisotopic (exact) mass is 522 g/mol. The Hall–Kier alpha value is -5.11. The lowest BCUT2D eigenvalue weighted by molar-refractivity contribution is -0.132. The van der Waals surface area contributed by atoms with Gasteiger partial charge < -0.3 is 19.3 Å². The number of methoxy groups -OCH3 is 2. The summed E-state index contributed by atoms with van der Waals surface area (Å²) < 4.78 is 16.8. The summed E-state index contributed by atoms with van der Waals surface area (Å²) in [5.74, 6) is -0.192. The topological polar surface area (TPSA) is 98.2 Å². The highest BCUT2D eigenvalue weighted by molar-refractivity contribution is 6.51. The smallest absolute Gasteiger partial charge is 0.300 e. The Labute approximate surface area is 225 Å². The lowest BCUT2D eigenvalue weighted by atomic mass is 9.95. The molecule has 5 rings (SSSR count). The van der Waals surface area contributed by atoms with Crippen LogP contribution in [-0.2, 0) is 9.59 Å². The zero-order valence-electron chi connectivity index (χ0n) is 21.6. The van der Waals surface area contributed by atoms with Gasteiger partial charge in [-0.05, 0) is 72.6 Å². The molecule has 0 saturated carbocycles. The standard InChI is InChI=1S/C31H26N2O6/c1-19-7-4-9-23(17-19)39-22-14-12-21(13-15-22)33-28(20-8-6-16-32-18-20)27(30(35)31(33)36)29(34)26-24(37-2)10-5-11-25(26)38-3/h4-18,28,34H,1-3H3/b29-27+.